The zero-order valence-electron chi connectivity index (χ0n) is 22.8. The van der Waals surface area contributed by atoms with Crippen molar-refractivity contribution in [2.75, 3.05) is 11.9 Å². The van der Waals surface area contributed by atoms with Crippen LogP contribution in [-0.2, 0) is 10.2 Å². The third kappa shape index (κ3) is 3.59. The first-order valence-electron chi connectivity index (χ1n) is 14.0. The lowest BCUT2D eigenvalue weighted by molar-refractivity contribution is -0.122. The van der Waals surface area contributed by atoms with Gasteiger partial charge in [-0.2, -0.15) is 0 Å². The summed E-state index contributed by atoms with van der Waals surface area (Å²) in [5.41, 5.74) is 2.14. The van der Waals surface area contributed by atoms with E-state index < -0.39 is 29.2 Å². The number of Topliss-reactive ketones (excluding diaryl/α,β-unsaturated/α-hetero) is 2. The first-order chi connectivity index (χ1) is 20.5. The number of hydrogen-bond donors (Lipinski definition) is 1. The van der Waals surface area contributed by atoms with Gasteiger partial charge < -0.3 is 15.0 Å². The van der Waals surface area contributed by atoms with Gasteiger partial charge in [-0.1, -0.05) is 54.6 Å². The maximum absolute atomic E-state index is 15.0. The van der Waals surface area contributed by atoms with Crippen molar-refractivity contribution < 1.29 is 23.5 Å². The molecular weight excluding hydrogens is 531 g/mol. The quantitative estimate of drug-likeness (QED) is 0.285. The van der Waals surface area contributed by atoms with Crippen molar-refractivity contribution in [3.8, 4) is 5.75 Å². The number of ketones is 2. The van der Waals surface area contributed by atoms with Gasteiger partial charge in [-0.3, -0.25) is 14.4 Å². The summed E-state index contributed by atoms with van der Waals surface area (Å²) in [5.74, 6) is -2.30. The summed E-state index contributed by atoms with van der Waals surface area (Å²) in [7, 11) is 0. The first kappa shape index (κ1) is 25.9. The van der Waals surface area contributed by atoms with Crippen LogP contribution in [0.2, 0.25) is 0 Å². The summed E-state index contributed by atoms with van der Waals surface area (Å²) in [6.45, 7) is 2.17. The Morgan fingerprint density at radius 1 is 0.905 bits per heavy atom. The summed E-state index contributed by atoms with van der Waals surface area (Å²) >= 11 is 0. The molecule has 1 amide bonds. The van der Waals surface area contributed by atoms with E-state index in [0.29, 0.717) is 29.2 Å². The Morgan fingerprint density at radius 2 is 1.62 bits per heavy atom. The molecule has 3 aliphatic heterocycles. The number of para-hydroxylation sites is 2. The van der Waals surface area contributed by atoms with E-state index in [1.807, 2.05) is 72.6 Å². The van der Waals surface area contributed by atoms with E-state index in [-0.39, 0.29) is 23.0 Å². The highest BCUT2D eigenvalue weighted by Gasteiger charge is 2.70. The Balaban J connectivity index is 1.54. The van der Waals surface area contributed by atoms with Gasteiger partial charge in [-0.05, 0) is 72.2 Å². The van der Waals surface area contributed by atoms with Crippen molar-refractivity contribution in [2.45, 2.75) is 24.4 Å². The predicted octanol–water partition coefficient (Wildman–Crippen LogP) is 6.21. The van der Waals surface area contributed by atoms with Crippen LogP contribution in [0.4, 0.5) is 10.1 Å². The number of hydrogen-bond acceptors (Lipinski definition) is 5. The van der Waals surface area contributed by atoms with Crippen molar-refractivity contribution in [1.29, 1.82) is 0 Å². The van der Waals surface area contributed by atoms with E-state index in [0.717, 1.165) is 11.1 Å². The molecule has 1 fully saturated rings. The molecule has 0 aromatic heterocycles. The minimum atomic E-state index is -1.45. The molecule has 4 atom stereocenters. The topological polar surface area (TPSA) is 75.7 Å². The van der Waals surface area contributed by atoms with E-state index >= 15 is 0 Å². The van der Waals surface area contributed by atoms with Crippen molar-refractivity contribution in [3.05, 3.63) is 137 Å². The number of ether oxygens (including phenoxy) is 1. The van der Waals surface area contributed by atoms with E-state index in [4.69, 9.17) is 4.74 Å². The van der Waals surface area contributed by atoms with Crippen LogP contribution in [-0.4, -0.2) is 35.0 Å². The van der Waals surface area contributed by atoms with Gasteiger partial charge in [-0.15, -0.1) is 0 Å². The maximum atomic E-state index is 15.0. The Bertz CT molecular complexity index is 1780. The van der Waals surface area contributed by atoms with Gasteiger partial charge in [0.1, 0.15) is 23.0 Å². The van der Waals surface area contributed by atoms with Gasteiger partial charge in [0.15, 0.2) is 11.6 Å². The van der Waals surface area contributed by atoms with Crippen molar-refractivity contribution in [3.63, 3.8) is 0 Å². The number of amides is 1. The number of rotatable bonds is 6. The Labute approximate surface area is 242 Å². The van der Waals surface area contributed by atoms with Crippen molar-refractivity contribution >= 4 is 29.2 Å². The molecular formula is C35H27FN2O4. The largest absolute Gasteiger partial charge is 0.493 e. The lowest BCUT2D eigenvalue weighted by atomic mass is 9.62. The smallest absolute Gasteiger partial charge is 0.238 e. The van der Waals surface area contributed by atoms with Crippen LogP contribution in [0, 0.1) is 11.7 Å². The highest BCUT2D eigenvalue weighted by molar-refractivity contribution is 6.17. The average molecular weight is 559 g/mol. The molecule has 6 nitrogen and oxygen atoms in total. The Kier molecular flexibility index (Phi) is 6.04. The molecule has 0 bridgehead atoms. The van der Waals surface area contributed by atoms with Gasteiger partial charge >= 0.3 is 0 Å². The van der Waals surface area contributed by atoms with E-state index in [2.05, 4.69) is 5.32 Å². The fourth-order valence-corrected chi connectivity index (χ4v) is 7.07. The minimum Gasteiger partial charge on any atom is -0.493 e. The highest BCUT2D eigenvalue weighted by atomic mass is 19.1. The van der Waals surface area contributed by atoms with Gasteiger partial charge in [0, 0.05) is 17.5 Å². The number of fused-ring (bicyclic) bond motifs is 6. The lowest BCUT2D eigenvalue weighted by Gasteiger charge is -2.38. The second kappa shape index (κ2) is 9.80. The number of anilines is 1. The molecule has 3 aliphatic rings. The average Bonchev–Trinajstić information content (AvgIpc) is 3.49. The summed E-state index contributed by atoms with van der Waals surface area (Å²) < 4.78 is 19.8. The fraction of sp³-hybridized carbons (Fsp3) is 0.171. The number of benzene rings is 4. The molecule has 0 radical (unpaired) electrons. The molecule has 208 valence electrons. The lowest BCUT2D eigenvalue weighted by Crippen LogP contribution is -2.49. The second-order valence-electron chi connectivity index (χ2n) is 10.8. The zero-order valence-corrected chi connectivity index (χ0v) is 22.8. The van der Waals surface area contributed by atoms with Gasteiger partial charge in [0.25, 0.3) is 0 Å². The van der Waals surface area contributed by atoms with Gasteiger partial charge in [0.05, 0.1) is 24.1 Å². The Hall–Kier alpha value is -5.04. The fourth-order valence-electron chi connectivity index (χ4n) is 7.07. The van der Waals surface area contributed by atoms with Crippen LogP contribution in [0.3, 0.4) is 0 Å². The van der Waals surface area contributed by atoms with Crippen molar-refractivity contribution in [2.24, 2.45) is 5.92 Å². The van der Waals surface area contributed by atoms with Crippen LogP contribution < -0.4 is 10.1 Å². The number of nitrogens with zero attached hydrogens (tertiary/aromatic N) is 1. The third-order valence-corrected chi connectivity index (χ3v) is 8.70. The van der Waals surface area contributed by atoms with Crippen LogP contribution in [0.15, 0.2) is 103 Å². The van der Waals surface area contributed by atoms with E-state index in [1.54, 1.807) is 24.3 Å². The SMILES string of the molecule is CCOc1ccccc1C(=O)[C@@H]1[C@@H](C(=O)c2ccc(F)cc2)N2C=Cc3ccccc3[C@@H]2[C@]12C(=O)Nc1ccccc12. The molecule has 7 rings (SSSR count). The first-order valence-corrected chi connectivity index (χ1v) is 14.0. The van der Waals surface area contributed by atoms with Crippen LogP contribution >= 0.6 is 0 Å². The standard InChI is InChI=1S/C35H27FN2O4/c1-2-42-28-14-8-5-11-25(28)32(40)29-30(31(39)22-15-17-23(36)18-16-22)38-20-19-21-9-3-4-10-24(21)33(38)35(29)26-12-6-7-13-27(26)37-34(35)41/h3-20,29-30,33H,2H2,1H3,(H,37,41)/t29-,30-,33+,35+/m0/s1. The molecule has 1 saturated heterocycles. The van der Waals surface area contributed by atoms with Gasteiger partial charge in [0.2, 0.25) is 5.91 Å². The van der Waals surface area contributed by atoms with Crippen LogP contribution in [0.5, 0.6) is 5.75 Å². The molecule has 4 aromatic carbocycles. The number of nitrogens with one attached hydrogen (secondary N) is 1. The normalized spacial score (nSPS) is 23.2. The van der Waals surface area contributed by atoms with Crippen LogP contribution in [0.25, 0.3) is 6.08 Å². The van der Waals surface area contributed by atoms with Crippen LogP contribution in [0.1, 0.15) is 50.4 Å². The number of carbonyl (C=O) groups excluding carboxylic acids is 3. The zero-order chi connectivity index (χ0) is 29.0. The monoisotopic (exact) mass is 558 g/mol. The summed E-state index contributed by atoms with van der Waals surface area (Å²) in [6, 6.07) is 25.6. The second-order valence-corrected chi connectivity index (χ2v) is 10.8. The summed E-state index contributed by atoms with van der Waals surface area (Å²) in [4.78, 5) is 45.9. The molecule has 0 saturated carbocycles. The predicted molar refractivity (Wildman–Crippen MR) is 157 cm³/mol. The molecule has 1 N–H and O–H groups in total. The Morgan fingerprint density at radius 3 is 2.43 bits per heavy atom. The number of carbonyl (C=O) groups is 3. The molecule has 0 unspecified atom stereocenters. The molecule has 7 heteroatoms. The third-order valence-electron chi connectivity index (χ3n) is 8.70. The molecule has 42 heavy (non-hydrogen) atoms. The summed E-state index contributed by atoms with van der Waals surface area (Å²) in [6.07, 6.45) is 3.72. The minimum absolute atomic E-state index is 0.257. The van der Waals surface area contributed by atoms with E-state index in [9.17, 15) is 18.8 Å². The molecule has 3 heterocycles. The molecule has 1 spiro atoms. The molecule has 4 aromatic rings. The van der Waals surface area contributed by atoms with Gasteiger partial charge in [-0.25, -0.2) is 4.39 Å². The highest BCUT2D eigenvalue weighted by Crippen LogP contribution is 2.62. The summed E-state index contributed by atoms with van der Waals surface area (Å²) in [5, 5.41) is 3.04. The number of halogens is 1. The van der Waals surface area contributed by atoms with Crippen molar-refractivity contribution in [1.82, 2.24) is 4.90 Å². The molecule has 0 aliphatic carbocycles. The van der Waals surface area contributed by atoms with E-state index in [1.165, 1.54) is 24.3 Å². The maximum Gasteiger partial charge on any atom is 0.238 e.